The van der Waals surface area contributed by atoms with Crippen LogP contribution in [0.4, 0.5) is 5.69 Å². The third-order valence-electron chi connectivity index (χ3n) is 1.68. The lowest BCUT2D eigenvalue weighted by Crippen LogP contribution is -2.41. The zero-order chi connectivity index (χ0) is 12.2. The maximum absolute atomic E-state index is 11.6. The third-order valence-corrected chi connectivity index (χ3v) is 2.77. The Hall–Kier alpha value is -1.23. The standard InChI is InChI=1S/C11H17N3OS/c1-11(2,3)14-10(15)7-16-9-4-5-13-6-8(9)12/h4-6H,7,12H2,1-3H3,(H,14,15). The first-order valence-electron chi connectivity index (χ1n) is 5.02. The van der Waals surface area contributed by atoms with Crippen molar-refractivity contribution in [1.29, 1.82) is 0 Å². The molecule has 0 radical (unpaired) electrons. The topological polar surface area (TPSA) is 68.0 Å². The smallest absolute Gasteiger partial charge is 0.230 e. The van der Waals surface area contributed by atoms with Crippen LogP contribution in [-0.2, 0) is 4.79 Å². The third kappa shape index (κ3) is 4.53. The highest BCUT2D eigenvalue weighted by atomic mass is 32.2. The zero-order valence-corrected chi connectivity index (χ0v) is 10.6. The fraction of sp³-hybridized carbons (Fsp3) is 0.455. The Bertz CT molecular complexity index is 374. The van der Waals surface area contributed by atoms with E-state index < -0.39 is 0 Å². The van der Waals surface area contributed by atoms with Gasteiger partial charge in [0.2, 0.25) is 5.91 Å². The number of pyridine rings is 1. The molecule has 0 aliphatic carbocycles. The average Bonchev–Trinajstić information content (AvgIpc) is 2.14. The van der Waals surface area contributed by atoms with E-state index in [9.17, 15) is 4.79 Å². The van der Waals surface area contributed by atoms with Crippen LogP contribution in [0.25, 0.3) is 0 Å². The molecule has 0 aliphatic heterocycles. The van der Waals surface area contributed by atoms with Crippen LogP contribution in [0, 0.1) is 0 Å². The summed E-state index contributed by atoms with van der Waals surface area (Å²) in [4.78, 5) is 16.3. The number of hydrogen-bond donors (Lipinski definition) is 2. The van der Waals surface area contributed by atoms with Crippen molar-refractivity contribution in [2.75, 3.05) is 11.5 Å². The molecule has 1 aromatic rings. The molecule has 1 aromatic heterocycles. The first kappa shape index (κ1) is 12.8. The van der Waals surface area contributed by atoms with Crippen molar-refractivity contribution >= 4 is 23.4 Å². The van der Waals surface area contributed by atoms with Gasteiger partial charge in [-0.2, -0.15) is 0 Å². The average molecular weight is 239 g/mol. The van der Waals surface area contributed by atoms with E-state index in [-0.39, 0.29) is 11.4 Å². The lowest BCUT2D eigenvalue weighted by Gasteiger charge is -2.20. The number of nitrogens with two attached hydrogens (primary N) is 1. The predicted octanol–water partition coefficient (Wildman–Crippen LogP) is 1.67. The van der Waals surface area contributed by atoms with Gasteiger partial charge >= 0.3 is 0 Å². The number of nitrogen functional groups attached to an aromatic ring is 1. The van der Waals surface area contributed by atoms with Crippen molar-refractivity contribution < 1.29 is 4.79 Å². The van der Waals surface area contributed by atoms with Crippen molar-refractivity contribution in [3.8, 4) is 0 Å². The van der Waals surface area contributed by atoms with Gasteiger partial charge in [-0.15, -0.1) is 11.8 Å². The summed E-state index contributed by atoms with van der Waals surface area (Å²) < 4.78 is 0. The molecule has 4 nitrogen and oxygen atoms in total. The molecular weight excluding hydrogens is 222 g/mol. The van der Waals surface area contributed by atoms with Gasteiger partial charge in [0.05, 0.1) is 17.6 Å². The molecule has 0 saturated heterocycles. The second-order valence-electron chi connectivity index (χ2n) is 4.50. The molecule has 1 rings (SSSR count). The number of hydrogen-bond acceptors (Lipinski definition) is 4. The number of carbonyl (C=O) groups is 1. The Balaban J connectivity index is 2.47. The highest BCUT2D eigenvalue weighted by Crippen LogP contribution is 2.23. The summed E-state index contributed by atoms with van der Waals surface area (Å²) in [6, 6.07) is 1.81. The SMILES string of the molecule is CC(C)(C)NC(=O)CSc1ccncc1N. The van der Waals surface area contributed by atoms with Crippen molar-refractivity contribution in [3.63, 3.8) is 0 Å². The zero-order valence-electron chi connectivity index (χ0n) is 9.78. The van der Waals surface area contributed by atoms with E-state index in [0.717, 1.165) is 4.90 Å². The number of aromatic nitrogens is 1. The van der Waals surface area contributed by atoms with Crippen molar-refractivity contribution in [2.24, 2.45) is 0 Å². The van der Waals surface area contributed by atoms with E-state index in [2.05, 4.69) is 10.3 Å². The summed E-state index contributed by atoms with van der Waals surface area (Å²) in [5.41, 5.74) is 6.13. The minimum absolute atomic E-state index is 0.00807. The summed E-state index contributed by atoms with van der Waals surface area (Å²) in [7, 11) is 0. The lowest BCUT2D eigenvalue weighted by atomic mass is 10.1. The summed E-state index contributed by atoms with van der Waals surface area (Å²) >= 11 is 1.42. The van der Waals surface area contributed by atoms with Gasteiger partial charge in [0, 0.05) is 16.6 Å². The van der Waals surface area contributed by atoms with Crippen LogP contribution < -0.4 is 11.1 Å². The fourth-order valence-corrected chi connectivity index (χ4v) is 1.86. The Kier molecular flexibility index (Phi) is 4.18. The molecule has 1 heterocycles. The minimum Gasteiger partial charge on any atom is -0.397 e. The lowest BCUT2D eigenvalue weighted by molar-refractivity contribution is -0.119. The van der Waals surface area contributed by atoms with Gasteiger partial charge in [-0.25, -0.2) is 0 Å². The largest absolute Gasteiger partial charge is 0.397 e. The normalized spacial score (nSPS) is 11.2. The van der Waals surface area contributed by atoms with Crippen molar-refractivity contribution in [2.45, 2.75) is 31.2 Å². The maximum atomic E-state index is 11.6. The van der Waals surface area contributed by atoms with Gasteiger partial charge in [-0.05, 0) is 26.8 Å². The summed E-state index contributed by atoms with van der Waals surface area (Å²) in [5.74, 6) is 0.375. The van der Waals surface area contributed by atoms with Crippen LogP contribution in [0.15, 0.2) is 23.4 Å². The highest BCUT2D eigenvalue weighted by molar-refractivity contribution is 8.00. The molecular formula is C11H17N3OS. The van der Waals surface area contributed by atoms with Crippen LogP contribution in [0.5, 0.6) is 0 Å². The van der Waals surface area contributed by atoms with Crippen molar-refractivity contribution in [3.05, 3.63) is 18.5 Å². The molecule has 88 valence electrons. The van der Waals surface area contributed by atoms with Gasteiger partial charge in [-0.1, -0.05) is 0 Å². The van der Waals surface area contributed by atoms with Crippen LogP contribution in [0.1, 0.15) is 20.8 Å². The van der Waals surface area contributed by atoms with Gasteiger partial charge in [-0.3, -0.25) is 9.78 Å². The van der Waals surface area contributed by atoms with Gasteiger partial charge in [0.1, 0.15) is 0 Å². The van der Waals surface area contributed by atoms with Crippen LogP contribution in [-0.4, -0.2) is 22.2 Å². The number of nitrogens with zero attached hydrogens (tertiary/aromatic N) is 1. The molecule has 5 heteroatoms. The van der Waals surface area contributed by atoms with E-state index in [1.165, 1.54) is 11.8 Å². The second kappa shape index (κ2) is 5.21. The number of thioether (sulfide) groups is 1. The Morgan fingerprint density at radius 1 is 1.56 bits per heavy atom. The highest BCUT2D eigenvalue weighted by Gasteiger charge is 2.13. The van der Waals surface area contributed by atoms with E-state index in [1.54, 1.807) is 12.4 Å². The minimum atomic E-state index is -0.193. The fourth-order valence-electron chi connectivity index (χ4n) is 1.12. The molecule has 0 bridgehead atoms. The Morgan fingerprint density at radius 3 is 2.81 bits per heavy atom. The van der Waals surface area contributed by atoms with E-state index in [1.807, 2.05) is 26.8 Å². The van der Waals surface area contributed by atoms with Crippen molar-refractivity contribution in [1.82, 2.24) is 10.3 Å². The molecule has 0 aliphatic rings. The summed E-state index contributed by atoms with van der Waals surface area (Å²) in [6.45, 7) is 5.86. The van der Waals surface area contributed by atoms with Crippen LogP contribution in [0.3, 0.4) is 0 Å². The van der Waals surface area contributed by atoms with Gasteiger partial charge in [0.15, 0.2) is 0 Å². The molecule has 0 fully saturated rings. The number of nitrogens with one attached hydrogen (secondary N) is 1. The molecule has 3 N–H and O–H groups in total. The Morgan fingerprint density at radius 2 is 2.25 bits per heavy atom. The van der Waals surface area contributed by atoms with Crippen LogP contribution in [0.2, 0.25) is 0 Å². The first-order valence-corrected chi connectivity index (χ1v) is 6.00. The number of amides is 1. The molecule has 0 atom stereocenters. The second-order valence-corrected chi connectivity index (χ2v) is 5.52. The van der Waals surface area contributed by atoms with E-state index >= 15 is 0 Å². The maximum Gasteiger partial charge on any atom is 0.230 e. The Labute approximate surface area is 100 Å². The number of carbonyl (C=O) groups excluding carboxylic acids is 1. The molecule has 1 amide bonds. The predicted molar refractivity (Wildman–Crippen MR) is 67.3 cm³/mol. The van der Waals surface area contributed by atoms with Gasteiger partial charge < -0.3 is 11.1 Å². The summed E-state index contributed by atoms with van der Waals surface area (Å²) in [6.07, 6.45) is 3.25. The quantitative estimate of drug-likeness (QED) is 0.787. The van der Waals surface area contributed by atoms with E-state index in [0.29, 0.717) is 11.4 Å². The number of rotatable bonds is 3. The van der Waals surface area contributed by atoms with E-state index in [4.69, 9.17) is 5.73 Å². The monoisotopic (exact) mass is 239 g/mol. The molecule has 0 unspecified atom stereocenters. The molecule has 16 heavy (non-hydrogen) atoms. The molecule has 0 aromatic carbocycles. The molecule has 0 spiro atoms. The summed E-state index contributed by atoms with van der Waals surface area (Å²) in [5, 5.41) is 2.89. The first-order chi connectivity index (χ1) is 7.38. The molecule has 0 saturated carbocycles. The number of anilines is 1. The van der Waals surface area contributed by atoms with Gasteiger partial charge in [0.25, 0.3) is 0 Å². The van der Waals surface area contributed by atoms with Crippen LogP contribution >= 0.6 is 11.8 Å².